The molecule has 0 aliphatic rings. The molecule has 0 aliphatic heterocycles. The molecule has 2 heteroatoms. The Morgan fingerprint density at radius 1 is 1.12 bits per heavy atom. The number of hydrogen-bond donors (Lipinski definition) is 1. The van der Waals surface area contributed by atoms with Gasteiger partial charge in [-0.25, -0.2) is 0 Å². The maximum atomic E-state index is 5.21. The molecule has 96 valence electrons. The van der Waals surface area contributed by atoms with Crippen molar-refractivity contribution in [3.63, 3.8) is 0 Å². The Labute approximate surface area is 105 Å². The van der Waals surface area contributed by atoms with Gasteiger partial charge in [-0.3, -0.25) is 0 Å². The molecule has 1 aromatic rings. The van der Waals surface area contributed by atoms with Crippen LogP contribution in [-0.4, -0.2) is 13.7 Å². The third-order valence-electron chi connectivity index (χ3n) is 3.32. The highest BCUT2D eigenvalue weighted by Crippen LogP contribution is 2.10. The van der Waals surface area contributed by atoms with Crippen LogP contribution in [-0.2, 0) is 17.9 Å². The van der Waals surface area contributed by atoms with Gasteiger partial charge in [-0.15, -0.1) is 0 Å². The molecule has 0 aromatic heterocycles. The van der Waals surface area contributed by atoms with Crippen LogP contribution in [0.25, 0.3) is 0 Å². The Balaban J connectivity index is 2.45. The summed E-state index contributed by atoms with van der Waals surface area (Å²) in [5.41, 5.74) is 2.63. The van der Waals surface area contributed by atoms with Crippen LogP contribution in [0, 0.1) is 5.92 Å². The van der Waals surface area contributed by atoms with Crippen LogP contribution in [0.1, 0.15) is 37.8 Å². The van der Waals surface area contributed by atoms with Gasteiger partial charge in [-0.05, 0) is 23.6 Å². The molecule has 1 N–H and O–H groups in total. The van der Waals surface area contributed by atoms with Gasteiger partial charge >= 0.3 is 0 Å². The zero-order valence-electron chi connectivity index (χ0n) is 11.3. The van der Waals surface area contributed by atoms with Crippen molar-refractivity contribution in [3.8, 4) is 0 Å². The second-order valence-corrected chi connectivity index (χ2v) is 4.52. The molecule has 0 amide bonds. The normalized spacial score (nSPS) is 11.1. The van der Waals surface area contributed by atoms with E-state index in [0.717, 1.165) is 19.0 Å². The van der Waals surface area contributed by atoms with Gasteiger partial charge in [0.15, 0.2) is 0 Å². The quantitative estimate of drug-likeness (QED) is 0.746. The molecule has 2 nitrogen and oxygen atoms in total. The minimum absolute atomic E-state index is 0.697. The Morgan fingerprint density at radius 3 is 2.35 bits per heavy atom. The van der Waals surface area contributed by atoms with Crippen LogP contribution in [0.15, 0.2) is 24.3 Å². The Hall–Kier alpha value is -0.860. The highest BCUT2D eigenvalue weighted by atomic mass is 16.5. The van der Waals surface area contributed by atoms with E-state index in [1.54, 1.807) is 7.11 Å². The van der Waals surface area contributed by atoms with E-state index in [9.17, 15) is 0 Å². The fraction of sp³-hybridized carbons (Fsp3) is 0.600. The molecule has 0 radical (unpaired) electrons. The number of hydrogen-bond acceptors (Lipinski definition) is 2. The van der Waals surface area contributed by atoms with Gasteiger partial charge in [0.1, 0.15) is 0 Å². The summed E-state index contributed by atoms with van der Waals surface area (Å²) in [6.07, 6.45) is 2.51. The molecule has 0 spiro atoms. The summed E-state index contributed by atoms with van der Waals surface area (Å²) >= 11 is 0. The van der Waals surface area contributed by atoms with E-state index in [1.165, 1.54) is 24.0 Å². The molecule has 0 aliphatic carbocycles. The number of ether oxygens (including phenoxy) is 1. The fourth-order valence-electron chi connectivity index (χ4n) is 2.01. The van der Waals surface area contributed by atoms with Crippen LogP contribution < -0.4 is 5.32 Å². The largest absolute Gasteiger partial charge is 0.380 e. The second-order valence-electron chi connectivity index (χ2n) is 4.52. The van der Waals surface area contributed by atoms with E-state index >= 15 is 0 Å². The maximum absolute atomic E-state index is 5.21. The molecule has 0 atom stereocenters. The molecular formula is C15H25NO. The Morgan fingerprint density at radius 2 is 1.76 bits per heavy atom. The lowest BCUT2D eigenvalue weighted by Crippen LogP contribution is -2.22. The zero-order valence-corrected chi connectivity index (χ0v) is 11.3. The molecule has 0 fully saturated rings. The summed E-state index contributed by atoms with van der Waals surface area (Å²) < 4.78 is 5.21. The van der Waals surface area contributed by atoms with Gasteiger partial charge in [0.05, 0.1) is 6.61 Å². The first-order chi connectivity index (χ1) is 8.31. The van der Waals surface area contributed by atoms with Crippen molar-refractivity contribution in [2.75, 3.05) is 13.7 Å². The molecular weight excluding hydrogens is 210 g/mol. The van der Waals surface area contributed by atoms with Crippen molar-refractivity contribution in [1.82, 2.24) is 5.32 Å². The van der Waals surface area contributed by atoms with E-state index in [4.69, 9.17) is 4.74 Å². The number of methoxy groups -OCH3 is 1. The SMILES string of the molecule is CCC(CC)CNCc1ccccc1COC. The molecule has 1 rings (SSSR count). The van der Waals surface area contributed by atoms with Crippen molar-refractivity contribution >= 4 is 0 Å². The monoisotopic (exact) mass is 235 g/mol. The van der Waals surface area contributed by atoms with Gasteiger partial charge in [0, 0.05) is 13.7 Å². The third kappa shape index (κ3) is 4.88. The summed E-state index contributed by atoms with van der Waals surface area (Å²) in [4.78, 5) is 0. The van der Waals surface area contributed by atoms with Gasteiger partial charge < -0.3 is 10.1 Å². The molecule has 0 saturated heterocycles. The van der Waals surface area contributed by atoms with Crippen LogP contribution in [0.2, 0.25) is 0 Å². The fourth-order valence-corrected chi connectivity index (χ4v) is 2.01. The van der Waals surface area contributed by atoms with Gasteiger partial charge in [0.2, 0.25) is 0 Å². The van der Waals surface area contributed by atoms with Crippen molar-refractivity contribution in [2.24, 2.45) is 5.92 Å². The topological polar surface area (TPSA) is 21.3 Å². The summed E-state index contributed by atoms with van der Waals surface area (Å²) in [6.45, 7) is 7.26. The van der Waals surface area contributed by atoms with Crippen LogP contribution in [0.5, 0.6) is 0 Å². The molecule has 1 aromatic carbocycles. The van der Waals surface area contributed by atoms with Crippen molar-refractivity contribution in [3.05, 3.63) is 35.4 Å². The number of benzene rings is 1. The van der Waals surface area contributed by atoms with E-state index in [-0.39, 0.29) is 0 Å². The van der Waals surface area contributed by atoms with Gasteiger partial charge in [-0.1, -0.05) is 51.0 Å². The zero-order chi connectivity index (χ0) is 12.5. The van der Waals surface area contributed by atoms with E-state index in [0.29, 0.717) is 6.61 Å². The first kappa shape index (κ1) is 14.2. The van der Waals surface area contributed by atoms with Crippen molar-refractivity contribution in [1.29, 1.82) is 0 Å². The average molecular weight is 235 g/mol. The maximum Gasteiger partial charge on any atom is 0.0716 e. The molecule has 17 heavy (non-hydrogen) atoms. The van der Waals surface area contributed by atoms with E-state index in [2.05, 4.69) is 43.4 Å². The highest BCUT2D eigenvalue weighted by molar-refractivity contribution is 5.26. The first-order valence-corrected chi connectivity index (χ1v) is 6.58. The smallest absolute Gasteiger partial charge is 0.0716 e. The Kier molecular flexibility index (Phi) is 6.90. The highest BCUT2D eigenvalue weighted by Gasteiger charge is 2.04. The van der Waals surface area contributed by atoms with Crippen LogP contribution in [0.4, 0.5) is 0 Å². The van der Waals surface area contributed by atoms with E-state index in [1.807, 2.05) is 0 Å². The van der Waals surface area contributed by atoms with Crippen molar-refractivity contribution < 1.29 is 4.74 Å². The Bertz CT molecular complexity index is 308. The molecule has 0 heterocycles. The minimum Gasteiger partial charge on any atom is -0.380 e. The predicted octanol–water partition coefficient (Wildman–Crippen LogP) is 3.36. The summed E-state index contributed by atoms with van der Waals surface area (Å²) in [6, 6.07) is 8.47. The lowest BCUT2D eigenvalue weighted by atomic mass is 10.0. The minimum atomic E-state index is 0.697. The molecule has 0 saturated carbocycles. The summed E-state index contributed by atoms with van der Waals surface area (Å²) in [5, 5.41) is 3.55. The average Bonchev–Trinajstić information content (AvgIpc) is 2.37. The lowest BCUT2D eigenvalue weighted by molar-refractivity contribution is 0.184. The van der Waals surface area contributed by atoms with Crippen molar-refractivity contribution in [2.45, 2.75) is 39.8 Å². The summed E-state index contributed by atoms with van der Waals surface area (Å²) in [5.74, 6) is 0.796. The standard InChI is InChI=1S/C15H25NO/c1-4-13(5-2)10-16-11-14-8-6-7-9-15(14)12-17-3/h6-9,13,16H,4-5,10-12H2,1-3H3. The summed E-state index contributed by atoms with van der Waals surface area (Å²) in [7, 11) is 1.74. The molecule has 0 unspecified atom stereocenters. The number of nitrogens with one attached hydrogen (secondary N) is 1. The predicted molar refractivity (Wildman–Crippen MR) is 72.9 cm³/mol. The van der Waals surface area contributed by atoms with Gasteiger partial charge in [0.25, 0.3) is 0 Å². The second kappa shape index (κ2) is 8.26. The number of rotatable bonds is 8. The van der Waals surface area contributed by atoms with Crippen LogP contribution in [0.3, 0.4) is 0 Å². The van der Waals surface area contributed by atoms with E-state index < -0.39 is 0 Å². The third-order valence-corrected chi connectivity index (χ3v) is 3.32. The molecule has 0 bridgehead atoms. The van der Waals surface area contributed by atoms with Crippen LogP contribution >= 0.6 is 0 Å². The lowest BCUT2D eigenvalue weighted by Gasteiger charge is -2.14. The first-order valence-electron chi connectivity index (χ1n) is 6.58. The van der Waals surface area contributed by atoms with Gasteiger partial charge in [-0.2, -0.15) is 0 Å².